The number of rotatable bonds is 7. The van der Waals surface area contributed by atoms with Crippen molar-refractivity contribution in [3.8, 4) is 11.3 Å². The van der Waals surface area contributed by atoms with Crippen molar-refractivity contribution in [2.75, 3.05) is 5.32 Å². The second-order valence-corrected chi connectivity index (χ2v) is 12.2. The Hall–Kier alpha value is -6.08. The van der Waals surface area contributed by atoms with E-state index in [-0.39, 0.29) is 11.8 Å². The molecule has 3 heterocycles. The number of aromatic nitrogens is 3. The van der Waals surface area contributed by atoms with E-state index < -0.39 is 5.54 Å². The van der Waals surface area contributed by atoms with E-state index in [0.29, 0.717) is 13.1 Å². The van der Waals surface area contributed by atoms with Crippen LogP contribution in [0.5, 0.6) is 0 Å². The Bertz CT molecular complexity index is 2150. The molecule has 6 nitrogen and oxygen atoms in total. The smallest absolute Gasteiger partial charge is 0.316 e. The van der Waals surface area contributed by atoms with Crippen molar-refractivity contribution in [3.63, 3.8) is 0 Å². The van der Waals surface area contributed by atoms with Gasteiger partial charge in [-0.15, -0.1) is 0 Å². The van der Waals surface area contributed by atoms with Crippen LogP contribution in [0.3, 0.4) is 0 Å². The zero-order chi connectivity index (χ0) is 32.7. The number of carbonyl (C=O) groups excluding carboxylic acids is 1. The van der Waals surface area contributed by atoms with Crippen LogP contribution in [0.15, 0.2) is 146 Å². The number of aryl methyl sites for hydroxylation is 1. The summed E-state index contributed by atoms with van der Waals surface area (Å²) < 4.78 is 15.7. The molecule has 48 heavy (non-hydrogen) atoms. The molecule has 0 radical (unpaired) electrons. The maximum atomic E-state index is 13.6. The number of carbonyl (C=O) groups is 1. The predicted molar refractivity (Wildman–Crippen MR) is 187 cm³/mol. The number of amides is 2. The number of pyridine rings is 1. The Balaban J connectivity index is 1.40. The largest absolute Gasteiger partial charge is 0.322 e. The van der Waals surface area contributed by atoms with Crippen molar-refractivity contribution in [1.29, 1.82) is 0 Å². The molecule has 5 aromatic carbocycles. The van der Waals surface area contributed by atoms with Gasteiger partial charge < -0.3 is 10.2 Å². The third-order valence-electron chi connectivity index (χ3n) is 9.14. The Kier molecular flexibility index (Phi) is 7.29. The second-order valence-electron chi connectivity index (χ2n) is 12.2. The van der Waals surface area contributed by atoms with E-state index in [4.69, 9.17) is 5.10 Å². The summed E-state index contributed by atoms with van der Waals surface area (Å²) in [5.41, 5.74) is 8.42. The summed E-state index contributed by atoms with van der Waals surface area (Å²) in [5, 5.41) is 9.63. The van der Waals surface area contributed by atoms with Gasteiger partial charge in [-0.3, -0.25) is 4.98 Å². The van der Waals surface area contributed by atoms with E-state index in [9.17, 15) is 9.18 Å². The van der Waals surface area contributed by atoms with Crippen molar-refractivity contribution in [2.45, 2.75) is 25.6 Å². The molecule has 0 atom stereocenters. The first-order valence-corrected chi connectivity index (χ1v) is 16.0. The van der Waals surface area contributed by atoms with Gasteiger partial charge in [0.25, 0.3) is 0 Å². The quantitative estimate of drug-likeness (QED) is 0.179. The number of halogens is 1. The monoisotopic (exact) mass is 629 g/mol. The van der Waals surface area contributed by atoms with Crippen LogP contribution >= 0.6 is 0 Å². The lowest BCUT2D eigenvalue weighted by atomic mass is 9.77. The molecule has 1 aliphatic heterocycles. The molecule has 8 rings (SSSR count). The molecule has 7 aromatic rings. The first-order chi connectivity index (χ1) is 23.5. The van der Waals surface area contributed by atoms with E-state index in [0.717, 1.165) is 61.4 Å². The van der Waals surface area contributed by atoms with Crippen LogP contribution in [0.2, 0.25) is 0 Å². The minimum Gasteiger partial charge on any atom is -0.316 e. The topological polar surface area (TPSA) is 63.1 Å². The highest BCUT2D eigenvalue weighted by molar-refractivity contribution is 6.00. The fourth-order valence-electron chi connectivity index (χ4n) is 6.93. The number of benzene rings is 5. The Labute approximate surface area is 278 Å². The van der Waals surface area contributed by atoms with Gasteiger partial charge in [0, 0.05) is 41.6 Å². The average molecular weight is 630 g/mol. The fraction of sp³-hybridized carbons (Fsp3) is 0.0976. The maximum absolute atomic E-state index is 13.6. The molecule has 1 N–H and O–H groups in total. The molecule has 0 bridgehead atoms. The Morgan fingerprint density at radius 1 is 0.771 bits per heavy atom. The summed E-state index contributed by atoms with van der Waals surface area (Å²) in [7, 11) is 0. The summed E-state index contributed by atoms with van der Waals surface area (Å²) in [6.45, 7) is 2.74. The van der Waals surface area contributed by atoms with Crippen LogP contribution in [0.25, 0.3) is 22.2 Å². The molecule has 0 aliphatic carbocycles. The van der Waals surface area contributed by atoms with Crippen LogP contribution in [-0.2, 0) is 18.6 Å². The van der Waals surface area contributed by atoms with Crippen LogP contribution in [0, 0.1) is 12.7 Å². The van der Waals surface area contributed by atoms with Crippen LogP contribution in [0.4, 0.5) is 14.9 Å². The summed E-state index contributed by atoms with van der Waals surface area (Å²) in [6, 6.07) is 45.7. The zero-order valence-electron chi connectivity index (χ0n) is 26.3. The molecule has 0 fully saturated rings. The van der Waals surface area contributed by atoms with Crippen molar-refractivity contribution in [3.05, 3.63) is 185 Å². The molecular formula is C41H32FN5O. The van der Waals surface area contributed by atoms with Crippen molar-refractivity contribution in [2.24, 2.45) is 0 Å². The molecule has 0 saturated carbocycles. The van der Waals surface area contributed by atoms with E-state index >= 15 is 0 Å². The number of urea groups is 1. The number of anilines is 1. The summed E-state index contributed by atoms with van der Waals surface area (Å²) in [4.78, 5) is 19.7. The minimum absolute atomic E-state index is 0.206. The Morgan fingerprint density at radius 3 is 1.96 bits per heavy atom. The third kappa shape index (κ3) is 5.00. The van der Waals surface area contributed by atoms with Crippen LogP contribution in [-0.4, -0.2) is 25.7 Å². The van der Waals surface area contributed by atoms with Gasteiger partial charge in [0.15, 0.2) is 0 Å². The molecule has 234 valence electrons. The normalized spacial score (nSPS) is 13.0. The van der Waals surface area contributed by atoms with Crippen molar-refractivity contribution >= 4 is 22.6 Å². The molecule has 2 amide bonds. The molecule has 1 aliphatic rings. The molecule has 0 spiro atoms. The van der Waals surface area contributed by atoms with Crippen molar-refractivity contribution in [1.82, 2.24) is 19.7 Å². The van der Waals surface area contributed by atoms with Gasteiger partial charge in [-0.2, -0.15) is 5.10 Å². The predicted octanol–water partition coefficient (Wildman–Crippen LogP) is 8.93. The minimum atomic E-state index is -0.857. The van der Waals surface area contributed by atoms with E-state index in [1.165, 1.54) is 12.1 Å². The highest BCUT2D eigenvalue weighted by Gasteiger charge is 2.41. The van der Waals surface area contributed by atoms with Crippen LogP contribution < -0.4 is 5.32 Å². The second kappa shape index (κ2) is 11.9. The van der Waals surface area contributed by atoms with Crippen LogP contribution in [0.1, 0.15) is 33.5 Å². The van der Waals surface area contributed by atoms with Gasteiger partial charge in [-0.05, 0) is 71.1 Å². The van der Waals surface area contributed by atoms with Gasteiger partial charge >= 0.3 is 6.03 Å². The van der Waals surface area contributed by atoms with Gasteiger partial charge in [0.05, 0.1) is 5.52 Å². The molecule has 0 unspecified atom stereocenters. The summed E-state index contributed by atoms with van der Waals surface area (Å²) >= 11 is 0. The van der Waals surface area contributed by atoms with Gasteiger partial charge in [0.1, 0.15) is 17.1 Å². The molecule has 2 aromatic heterocycles. The van der Waals surface area contributed by atoms with E-state index in [2.05, 4.69) is 106 Å². The third-order valence-corrected chi connectivity index (χ3v) is 9.14. The van der Waals surface area contributed by atoms with E-state index in [1.54, 1.807) is 17.0 Å². The zero-order valence-corrected chi connectivity index (χ0v) is 26.3. The number of nitrogens with zero attached hydrogens (tertiary/aromatic N) is 4. The van der Waals surface area contributed by atoms with Crippen molar-refractivity contribution < 1.29 is 9.18 Å². The lowest BCUT2D eigenvalue weighted by Crippen LogP contribution is -2.39. The Morgan fingerprint density at radius 2 is 1.38 bits per heavy atom. The number of nitrogens with one attached hydrogen (secondary N) is 1. The number of hydrogen-bond acceptors (Lipinski definition) is 3. The lowest BCUT2D eigenvalue weighted by molar-refractivity contribution is 0.204. The lowest BCUT2D eigenvalue weighted by Gasteiger charge is -2.37. The SMILES string of the molecule is Cc1cc(-c2nn(C(c3ccccc3)(c3ccccc3)c3ccccc3)c3cc4c(cc23)CN(Cc2ccc(F)cc2)C(=O)N4)ccn1. The van der Waals surface area contributed by atoms with Gasteiger partial charge in [0.2, 0.25) is 0 Å². The summed E-state index contributed by atoms with van der Waals surface area (Å²) in [6.07, 6.45) is 1.82. The average Bonchev–Trinajstić information content (AvgIpc) is 3.49. The number of fused-ring (bicyclic) bond motifs is 2. The first-order valence-electron chi connectivity index (χ1n) is 16.0. The standard InChI is InChI=1S/C41H32FN5O/c1-28-23-30(21-22-43-28)39-36-24-31-27-46(26-29-17-19-35(42)20-18-29)40(48)44-37(31)25-38(36)47(45-39)41(32-11-5-2-6-12-32,33-13-7-3-8-14-33)34-15-9-4-10-16-34/h2-25H,26-27H2,1H3,(H,44,48). The molecule has 7 heteroatoms. The number of hydrogen-bond donors (Lipinski definition) is 1. The van der Waals surface area contributed by atoms with E-state index in [1.807, 2.05) is 37.4 Å². The summed E-state index contributed by atoms with van der Waals surface area (Å²) in [5.74, 6) is -0.303. The highest BCUT2D eigenvalue weighted by Crippen LogP contribution is 2.45. The fourth-order valence-corrected chi connectivity index (χ4v) is 6.93. The molecular weight excluding hydrogens is 597 g/mol. The maximum Gasteiger partial charge on any atom is 0.322 e. The van der Waals surface area contributed by atoms with Gasteiger partial charge in [-0.25, -0.2) is 13.9 Å². The highest BCUT2D eigenvalue weighted by atomic mass is 19.1. The first kappa shape index (κ1) is 29.3. The van der Waals surface area contributed by atoms with Gasteiger partial charge in [-0.1, -0.05) is 103 Å². The molecule has 0 saturated heterocycles.